The first-order valence-electron chi connectivity index (χ1n) is 6.36. The van der Waals surface area contributed by atoms with Crippen molar-refractivity contribution in [2.75, 3.05) is 0 Å². The topological polar surface area (TPSA) is 0 Å². The maximum Gasteiger partial charge on any atom is 0.0976 e. The molecule has 0 spiro atoms. The van der Waals surface area contributed by atoms with Gasteiger partial charge in [-0.1, -0.05) is 48.2 Å². The zero-order chi connectivity index (χ0) is 12.1. The largest absolute Gasteiger partial charge is 0.111 e. The molecular weight excluding hydrogens is 271 g/mol. The van der Waals surface area contributed by atoms with Crippen LogP contribution in [0.25, 0.3) is 0 Å². The van der Waals surface area contributed by atoms with Gasteiger partial charge in [-0.15, -0.1) is 11.3 Å². The van der Waals surface area contributed by atoms with Crippen LogP contribution in [0.1, 0.15) is 44.1 Å². The van der Waals surface area contributed by atoms with Crippen molar-refractivity contribution in [3.8, 4) is 0 Å². The normalized spacial score (nSPS) is 17.3. The Kier molecular flexibility index (Phi) is 5.40. The third-order valence-electron chi connectivity index (χ3n) is 3.35. The molecule has 1 fully saturated rings. The molecule has 0 N–H and O–H groups in total. The van der Waals surface area contributed by atoms with Crippen LogP contribution in [0.3, 0.4) is 0 Å². The fraction of sp³-hybridized carbons (Fsp3) is 0.571. The second-order valence-corrected chi connectivity index (χ2v) is 7.00. The third kappa shape index (κ3) is 4.31. The van der Waals surface area contributed by atoms with Crippen LogP contribution in [-0.2, 0) is 6.42 Å². The summed E-state index contributed by atoms with van der Waals surface area (Å²) in [5.74, 6) is 0.856. The van der Waals surface area contributed by atoms with E-state index in [-0.39, 0.29) is 0 Å². The molecule has 3 heteroatoms. The molecule has 0 nitrogen and oxygen atoms in total. The predicted molar refractivity (Wildman–Crippen MR) is 78.4 cm³/mol. The first-order valence-corrected chi connectivity index (χ1v) is 7.93. The number of hydrogen-bond donors (Lipinski definition) is 0. The molecule has 1 aromatic heterocycles. The quantitative estimate of drug-likeness (QED) is 0.452. The summed E-state index contributed by atoms with van der Waals surface area (Å²) in [5, 5.41) is 0. The monoisotopic (exact) mass is 288 g/mol. The Labute approximate surface area is 118 Å². The molecule has 1 aliphatic carbocycles. The van der Waals surface area contributed by atoms with E-state index in [9.17, 15) is 0 Å². The van der Waals surface area contributed by atoms with Crippen LogP contribution in [0.4, 0.5) is 0 Å². The van der Waals surface area contributed by atoms with Crippen molar-refractivity contribution in [3.63, 3.8) is 0 Å². The molecule has 0 saturated heterocycles. The molecule has 1 heterocycles. The number of hydrogen-bond acceptors (Lipinski definition) is 1. The zero-order valence-corrected chi connectivity index (χ0v) is 12.3. The predicted octanol–water partition coefficient (Wildman–Crippen LogP) is 6.12. The first-order chi connectivity index (χ1) is 8.25. The van der Waals surface area contributed by atoms with E-state index >= 15 is 0 Å². The fourth-order valence-corrected chi connectivity index (χ4v) is 3.94. The van der Waals surface area contributed by atoms with Crippen LogP contribution in [0.5, 0.6) is 0 Å². The summed E-state index contributed by atoms with van der Waals surface area (Å²) in [6.45, 7) is 0. The number of rotatable bonds is 5. The lowest BCUT2D eigenvalue weighted by Gasteiger charge is -2.00. The van der Waals surface area contributed by atoms with E-state index in [0.29, 0.717) is 0 Å². The average Bonchev–Trinajstić information content (AvgIpc) is 2.89. The van der Waals surface area contributed by atoms with Crippen LogP contribution in [0.2, 0.25) is 8.67 Å². The summed E-state index contributed by atoms with van der Waals surface area (Å²) in [4.78, 5) is 0. The molecule has 0 aromatic carbocycles. The lowest BCUT2D eigenvalue weighted by atomic mass is 10.1. The lowest BCUT2D eigenvalue weighted by molar-refractivity contribution is 0.680. The van der Waals surface area contributed by atoms with Crippen LogP contribution in [0.15, 0.2) is 18.2 Å². The van der Waals surface area contributed by atoms with Gasteiger partial charge in [0.1, 0.15) is 0 Å². The summed E-state index contributed by atoms with van der Waals surface area (Å²) in [6.07, 6.45) is 13.7. The van der Waals surface area contributed by atoms with E-state index in [4.69, 9.17) is 23.2 Å². The number of allylic oxidation sites excluding steroid dienone is 2. The molecule has 1 aromatic rings. The molecular formula is C14H18Cl2S. The van der Waals surface area contributed by atoms with Gasteiger partial charge in [0.2, 0.25) is 0 Å². The van der Waals surface area contributed by atoms with E-state index in [2.05, 4.69) is 12.2 Å². The van der Waals surface area contributed by atoms with E-state index in [1.165, 1.54) is 42.6 Å². The molecule has 0 unspecified atom stereocenters. The van der Waals surface area contributed by atoms with Gasteiger partial charge in [0, 0.05) is 0 Å². The highest BCUT2D eigenvalue weighted by Crippen LogP contribution is 2.32. The highest BCUT2D eigenvalue weighted by Gasteiger charge is 2.10. The van der Waals surface area contributed by atoms with Gasteiger partial charge in [-0.05, 0) is 49.7 Å². The van der Waals surface area contributed by atoms with Crippen molar-refractivity contribution in [1.82, 2.24) is 0 Å². The summed E-state index contributed by atoms with van der Waals surface area (Å²) >= 11 is 13.5. The highest BCUT2D eigenvalue weighted by molar-refractivity contribution is 7.20. The van der Waals surface area contributed by atoms with E-state index in [0.717, 1.165) is 33.9 Å². The van der Waals surface area contributed by atoms with Gasteiger partial charge in [-0.2, -0.15) is 0 Å². The van der Waals surface area contributed by atoms with Gasteiger partial charge in [-0.3, -0.25) is 0 Å². The van der Waals surface area contributed by atoms with Gasteiger partial charge in [-0.25, -0.2) is 0 Å². The maximum absolute atomic E-state index is 6.08. The van der Waals surface area contributed by atoms with Crippen molar-refractivity contribution >= 4 is 34.5 Å². The number of aryl methyl sites for hydroxylation is 1. The number of halogens is 2. The Morgan fingerprint density at radius 1 is 1.29 bits per heavy atom. The maximum atomic E-state index is 6.08. The molecule has 94 valence electrons. The molecule has 0 aliphatic heterocycles. The smallest absolute Gasteiger partial charge is 0.0976 e. The van der Waals surface area contributed by atoms with Crippen LogP contribution in [0, 0.1) is 5.92 Å². The second kappa shape index (κ2) is 6.82. The van der Waals surface area contributed by atoms with Crippen LogP contribution in [-0.4, -0.2) is 0 Å². The van der Waals surface area contributed by atoms with E-state index in [1.807, 2.05) is 6.07 Å². The summed E-state index contributed by atoms with van der Waals surface area (Å²) in [5.41, 5.74) is 1.20. The Balaban J connectivity index is 1.67. The summed E-state index contributed by atoms with van der Waals surface area (Å²) in [7, 11) is 0. The third-order valence-corrected chi connectivity index (χ3v) is 4.92. The molecule has 17 heavy (non-hydrogen) atoms. The number of unbranched alkanes of at least 4 members (excludes halogenated alkanes) is 1. The van der Waals surface area contributed by atoms with Crippen molar-refractivity contribution in [3.05, 3.63) is 32.5 Å². The minimum atomic E-state index is 0.798. The molecule has 1 aliphatic rings. The standard InChI is InChI=1S/C14H18Cl2S/c15-13-10-12(14(16)17-13)9-3-1-2-6-11-7-4-5-8-11/h2,6,10-11H,1,3-5,7-9H2/b6-2+. The number of thiophene rings is 1. The average molecular weight is 289 g/mol. The SMILES string of the molecule is Clc1cc(CCC/C=C/C2CCCC2)c(Cl)s1. The highest BCUT2D eigenvalue weighted by atomic mass is 35.5. The van der Waals surface area contributed by atoms with E-state index < -0.39 is 0 Å². The van der Waals surface area contributed by atoms with Gasteiger partial charge < -0.3 is 0 Å². The van der Waals surface area contributed by atoms with Crippen LogP contribution >= 0.6 is 34.5 Å². The molecule has 0 bridgehead atoms. The van der Waals surface area contributed by atoms with Crippen LogP contribution < -0.4 is 0 Å². The first kappa shape index (κ1) is 13.5. The van der Waals surface area contributed by atoms with Crippen molar-refractivity contribution in [2.24, 2.45) is 5.92 Å². The van der Waals surface area contributed by atoms with Crippen molar-refractivity contribution in [1.29, 1.82) is 0 Å². The van der Waals surface area contributed by atoms with Gasteiger partial charge in [0.25, 0.3) is 0 Å². The van der Waals surface area contributed by atoms with Crippen molar-refractivity contribution < 1.29 is 0 Å². The summed E-state index contributed by atoms with van der Waals surface area (Å²) < 4.78 is 1.65. The molecule has 1 saturated carbocycles. The van der Waals surface area contributed by atoms with Gasteiger partial charge in [0.15, 0.2) is 0 Å². The Hall–Kier alpha value is 0.0200. The second-order valence-electron chi connectivity index (χ2n) is 4.71. The lowest BCUT2D eigenvalue weighted by Crippen LogP contribution is -1.86. The van der Waals surface area contributed by atoms with E-state index in [1.54, 1.807) is 0 Å². The molecule has 2 rings (SSSR count). The Bertz CT molecular complexity index is 376. The minimum Gasteiger partial charge on any atom is -0.111 e. The Morgan fingerprint density at radius 2 is 2.06 bits per heavy atom. The Morgan fingerprint density at radius 3 is 2.71 bits per heavy atom. The summed E-state index contributed by atoms with van der Waals surface area (Å²) in [6, 6.07) is 2.00. The molecule has 0 radical (unpaired) electrons. The zero-order valence-electron chi connectivity index (χ0n) is 9.92. The molecule has 0 atom stereocenters. The van der Waals surface area contributed by atoms with Crippen molar-refractivity contribution in [2.45, 2.75) is 44.9 Å². The molecule has 0 amide bonds. The van der Waals surface area contributed by atoms with Gasteiger partial charge >= 0.3 is 0 Å². The van der Waals surface area contributed by atoms with Gasteiger partial charge in [0.05, 0.1) is 8.67 Å². The fourth-order valence-electron chi connectivity index (χ4n) is 2.39. The minimum absolute atomic E-state index is 0.798.